The van der Waals surface area contributed by atoms with Crippen LogP contribution in [0.5, 0.6) is 5.75 Å². The summed E-state index contributed by atoms with van der Waals surface area (Å²) in [5, 5.41) is 16.5. The molecule has 1 saturated heterocycles. The van der Waals surface area contributed by atoms with Crippen LogP contribution in [0.1, 0.15) is 48.9 Å². The van der Waals surface area contributed by atoms with Crippen molar-refractivity contribution in [1.82, 2.24) is 20.0 Å². The molecule has 0 radical (unpaired) electrons. The van der Waals surface area contributed by atoms with Gasteiger partial charge in [0.2, 0.25) is 5.91 Å². The number of amides is 1. The van der Waals surface area contributed by atoms with Gasteiger partial charge in [0.25, 0.3) is 0 Å². The Balaban J connectivity index is 1.50. The number of anilines is 2. The summed E-state index contributed by atoms with van der Waals surface area (Å²) in [4.78, 5) is 14.8. The maximum atomic E-state index is 12.6. The standard InChI is InChI=1S/C23H26N6O2/c1-3-31-17-8-6-16(7-9-17)18-14-21(30)24-23-22(18)15(2)27-29(23)20-11-10-19(25-26-20)28-12-4-5-13-28/h6-11,18H,3-5,12-14H2,1-2H3,(H,24,30). The molecule has 5 rings (SSSR count). The molecule has 0 bridgehead atoms. The molecule has 8 heteroatoms. The minimum Gasteiger partial charge on any atom is -0.494 e. The summed E-state index contributed by atoms with van der Waals surface area (Å²) in [7, 11) is 0. The molecule has 31 heavy (non-hydrogen) atoms. The molecule has 3 aromatic rings. The van der Waals surface area contributed by atoms with Crippen LogP contribution in [0.3, 0.4) is 0 Å². The number of nitrogens with zero attached hydrogens (tertiary/aromatic N) is 5. The first-order chi connectivity index (χ1) is 15.1. The normalized spacial score (nSPS) is 18.1. The fourth-order valence-electron chi connectivity index (χ4n) is 4.51. The Labute approximate surface area is 181 Å². The van der Waals surface area contributed by atoms with Crippen molar-refractivity contribution in [1.29, 1.82) is 0 Å². The lowest BCUT2D eigenvalue weighted by Gasteiger charge is -2.24. The molecule has 1 fully saturated rings. The number of fused-ring (bicyclic) bond motifs is 1. The number of carbonyl (C=O) groups excluding carboxylic acids is 1. The van der Waals surface area contributed by atoms with E-state index in [9.17, 15) is 4.79 Å². The zero-order valence-corrected chi connectivity index (χ0v) is 17.8. The summed E-state index contributed by atoms with van der Waals surface area (Å²) >= 11 is 0. The maximum absolute atomic E-state index is 12.6. The van der Waals surface area contributed by atoms with Gasteiger partial charge in [-0.05, 0) is 56.5 Å². The summed E-state index contributed by atoms with van der Waals surface area (Å²) in [6, 6.07) is 11.9. The van der Waals surface area contributed by atoms with Crippen LogP contribution in [0.4, 0.5) is 11.6 Å². The van der Waals surface area contributed by atoms with Gasteiger partial charge < -0.3 is 15.0 Å². The lowest BCUT2D eigenvalue weighted by atomic mass is 9.86. The van der Waals surface area contributed by atoms with Crippen molar-refractivity contribution in [3.63, 3.8) is 0 Å². The molecular formula is C23H26N6O2. The zero-order chi connectivity index (χ0) is 21.4. The van der Waals surface area contributed by atoms with Crippen molar-refractivity contribution < 1.29 is 9.53 Å². The van der Waals surface area contributed by atoms with Crippen LogP contribution in [-0.4, -0.2) is 45.6 Å². The van der Waals surface area contributed by atoms with Gasteiger partial charge in [-0.3, -0.25) is 4.79 Å². The van der Waals surface area contributed by atoms with Crippen molar-refractivity contribution in [2.45, 2.75) is 39.0 Å². The Hall–Kier alpha value is -3.42. The van der Waals surface area contributed by atoms with E-state index in [1.807, 2.05) is 50.2 Å². The molecule has 0 aliphatic carbocycles. The van der Waals surface area contributed by atoms with Gasteiger partial charge >= 0.3 is 0 Å². The van der Waals surface area contributed by atoms with Crippen molar-refractivity contribution in [2.24, 2.45) is 0 Å². The molecule has 2 aliphatic heterocycles. The third-order valence-corrected chi connectivity index (χ3v) is 5.98. The zero-order valence-electron chi connectivity index (χ0n) is 17.8. The van der Waals surface area contributed by atoms with E-state index in [2.05, 4.69) is 20.4 Å². The Kier molecular flexibility index (Phi) is 5.05. The topological polar surface area (TPSA) is 85.2 Å². The highest BCUT2D eigenvalue weighted by molar-refractivity contribution is 5.95. The number of ether oxygens (including phenoxy) is 1. The van der Waals surface area contributed by atoms with E-state index < -0.39 is 0 Å². The monoisotopic (exact) mass is 418 g/mol. The van der Waals surface area contributed by atoms with E-state index in [4.69, 9.17) is 9.84 Å². The van der Waals surface area contributed by atoms with Gasteiger partial charge in [-0.1, -0.05) is 12.1 Å². The average Bonchev–Trinajstić information content (AvgIpc) is 3.43. The van der Waals surface area contributed by atoms with Crippen LogP contribution in [0.25, 0.3) is 5.82 Å². The first-order valence-electron chi connectivity index (χ1n) is 10.8. The van der Waals surface area contributed by atoms with Crippen LogP contribution >= 0.6 is 0 Å². The average molecular weight is 419 g/mol. The predicted octanol–water partition coefficient (Wildman–Crippen LogP) is 3.44. The highest BCUT2D eigenvalue weighted by Gasteiger charge is 2.33. The number of hydrogen-bond acceptors (Lipinski definition) is 6. The number of rotatable bonds is 5. The van der Waals surface area contributed by atoms with Crippen LogP contribution in [0.2, 0.25) is 0 Å². The van der Waals surface area contributed by atoms with E-state index in [-0.39, 0.29) is 11.8 Å². The van der Waals surface area contributed by atoms with Gasteiger partial charge in [0.15, 0.2) is 11.6 Å². The fourth-order valence-corrected chi connectivity index (χ4v) is 4.51. The van der Waals surface area contributed by atoms with Crippen molar-refractivity contribution >= 4 is 17.5 Å². The summed E-state index contributed by atoms with van der Waals surface area (Å²) in [5.41, 5.74) is 2.96. The molecule has 1 atom stereocenters. The summed E-state index contributed by atoms with van der Waals surface area (Å²) in [6.45, 7) is 6.59. The third-order valence-electron chi connectivity index (χ3n) is 5.98. The van der Waals surface area contributed by atoms with E-state index in [0.717, 1.165) is 41.5 Å². The molecule has 1 N–H and O–H groups in total. The third kappa shape index (κ3) is 3.62. The van der Waals surface area contributed by atoms with Gasteiger partial charge in [0.05, 0.1) is 12.3 Å². The number of nitrogens with one attached hydrogen (secondary N) is 1. The van der Waals surface area contributed by atoms with Crippen molar-refractivity contribution in [3.8, 4) is 11.6 Å². The van der Waals surface area contributed by atoms with Crippen molar-refractivity contribution in [3.05, 3.63) is 53.2 Å². The second kappa shape index (κ2) is 8.02. The van der Waals surface area contributed by atoms with Crippen molar-refractivity contribution in [2.75, 3.05) is 29.9 Å². The highest BCUT2D eigenvalue weighted by Crippen LogP contribution is 2.40. The molecule has 2 aliphatic rings. The second-order valence-corrected chi connectivity index (χ2v) is 8.01. The lowest BCUT2D eigenvalue weighted by molar-refractivity contribution is -0.116. The number of hydrogen-bond donors (Lipinski definition) is 1. The Morgan fingerprint density at radius 1 is 1.06 bits per heavy atom. The SMILES string of the molecule is CCOc1ccc(C2CC(=O)Nc3c2c(C)nn3-c2ccc(N3CCCC3)nn2)cc1. The largest absolute Gasteiger partial charge is 0.494 e. The molecule has 1 amide bonds. The molecule has 0 spiro atoms. The highest BCUT2D eigenvalue weighted by atomic mass is 16.5. The lowest BCUT2D eigenvalue weighted by Crippen LogP contribution is -2.25. The summed E-state index contributed by atoms with van der Waals surface area (Å²) in [5.74, 6) is 2.89. The molecule has 8 nitrogen and oxygen atoms in total. The summed E-state index contributed by atoms with van der Waals surface area (Å²) in [6.07, 6.45) is 2.76. The van der Waals surface area contributed by atoms with E-state index >= 15 is 0 Å². The predicted molar refractivity (Wildman–Crippen MR) is 118 cm³/mol. The van der Waals surface area contributed by atoms with Gasteiger partial charge in [0.1, 0.15) is 11.6 Å². The maximum Gasteiger partial charge on any atom is 0.226 e. The molecule has 2 aromatic heterocycles. The van der Waals surface area contributed by atoms with Crippen LogP contribution in [0, 0.1) is 6.92 Å². The Morgan fingerprint density at radius 3 is 2.45 bits per heavy atom. The second-order valence-electron chi connectivity index (χ2n) is 8.01. The van der Waals surface area contributed by atoms with Gasteiger partial charge in [-0.2, -0.15) is 9.78 Å². The van der Waals surface area contributed by atoms with E-state index in [1.165, 1.54) is 12.8 Å². The number of aryl methyl sites for hydroxylation is 1. The summed E-state index contributed by atoms with van der Waals surface area (Å²) < 4.78 is 7.25. The van der Waals surface area contributed by atoms with Crippen LogP contribution < -0.4 is 15.0 Å². The fraction of sp³-hybridized carbons (Fsp3) is 0.391. The quantitative estimate of drug-likeness (QED) is 0.683. The van der Waals surface area contributed by atoms with Gasteiger partial charge in [-0.15, -0.1) is 10.2 Å². The first-order valence-corrected chi connectivity index (χ1v) is 10.8. The Bertz CT molecular complexity index is 1080. The van der Waals surface area contributed by atoms with Crippen LogP contribution in [0.15, 0.2) is 36.4 Å². The number of aromatic nitrogens is 4. The molecule has 4 heterocycles. The molecular weight excluding hydrogens is 392 g/mol. The number of carbonyl (C=O) groups is 1. The van der Waals surface area contributed by atoms with Crippen LogP contribution in [-0.2, 0) is 4.79 Å². The minimum atomic E-state index is -0.0648. The van der Waals surface area contributed by atoms with E-state index in [0.29, 0.717) is 24.7 Å². The molecule has 0 saturated carbocycles. The van der Waals surface area contributed by atoms with Gasteiger partial charge in [-0.25, -0.2) is 0 Å². The number of benzene rings is 1. The molecule has 1 aromatic carbocycles. The Morgan fingerprint density at radius 2 is 1.77 bits per heavy atom. The molecule has 160 valence electrons. The molecule has 1 unspecified atom stereocenters. The van der Waals surface area contributed by atoms with Gasteiger partial charge in [0, 0.05) is 31.0 Å². The first kappa shape index (κ1) is 19.5. The van der Waals surface area contributed by atoms with E-state index in [1.54, 1.807) is 4.68 Å². The minimum absolute atomic E-state index is 0.0332. The smallest absolute Gasteiger partial charge is 0.226 e.